The Bertz CT molecular complexity index is 1140. The summed E-state index contributed by atoms with van der Waals surface area (Å²) >= 11 is 0. The lowest BCUT2D eigenvalue weighted by atomic mass is 10.0. The number of benzene rings is 2. The molecular weight excluding hydrogens is 394 g/mol. The summed E-state index contributed by atoms with van der Waals surface area (Å²) in [4.78, 5) is 30.1. The molecule has 7 heteroatoms. The fourth-order valence-corrected chi connectivity index (χ4v) is 4.58. The van der Waals surface area contributed by atoms with Crippen molar-refractivity contribution in [2.75, 3.05) is 26.3 Å². The SMILES string of the molecule is O=C(CCc1ccc2c(c1)OCCCO2)N1CCC(n2c(=O)[nH]c3ccccc32)CC1. The number of H-pyrrole nitrogens is 1. The summed E-state index contributed by atoms with van der Waals surface area (Å²) in [5.41, 5.74) is 2.81. The lowest BCUT2D eigenvalue weighted by Crippen LogP contribution is -2.40. The van der Waals surface area contributed by atoms with E-state index in [4.69, 9.17) is 9.47 Å². The normalized spacial score (nSPS) is 17.0. The van der Waals surface area contributed by atoms with Crippen molar-refractivity contribution < 1.29 is 14.3 Å². The predicted molar refractivity (Wildman–Crippen MR) is 118 cm³/mol. The molecular formula is C24H27N3O4. The molecule has 162 valence electrons. The van der Waals surface area contributed by atoms with Crippen molar-refractivity contribution in [1.82, 2.24) is 14.5 Å². The Morgan fingerprint density at radius 3 is 2.65 bits per heavy atom. The Hall–Kier alpha value is -3.22. The first-order chi connectivity index (χ1) is 15.2. The monoisotopic (exact) mass is 421 g/mol. The maximum absolute atomic E-state index is 12.8. The van der Waals surface area contributed by atoms with Gasteiger partial charge in [-0.2, -0.15) is 0 Å². The number of aromatic amines is 1. The predicted octanol–water partition coefficient (Wildman–Crippen LogP) is 3.29. The van der Waals surface area contributed by atoms with Crippen LogP contribution in [-0.4, -0.2) is 46.7 Å². The minimum atomic E-state index is -0.0691. The third-order valence-electron chi connectivity index (χ3n) is 6.25. The number of aromatic nitrogens is 2. The number of nitrogens with zero attached hydrogens (tertiary/aromatic N) is 2. The fraction of sp³-hybridized carbons (Fsp3) is 0.417. The van der Waals surface area contributed by atoms with E-state index in [2.05, 4.69) is 4.98 Å². The Balaban J connectivity index is 1.18. The molecule has 2 aliphatic rings. The number of rotatable bonds is 4. The summed E-state index contributed by atoms with van der Waals surface area (Å²) in [6, 6.07) is 13.8. The highest BCUT2D eigenvalue weighted by atomic mass is 16.5. The summed E-state index contributed by atoms with van der Waals surface area (Å²) in [6.07, 6.45) is 3.60. The Labute approximate surface area is 180 Å². The van der Waals surface area contributed by atoms with Gasteiger partial charge in [-0.1, -0.05) is 18.2 Å². The molecule has 0 bridgehead atoms. The van der Waals surface area contributed by atoms with E-state index in [1.807, 2.05) is 51.9 Å². The van der Waals surface area contributed by atoms with Crippen molar-refractivity contribution in [3.05, 3.63) is 58.5 Å². The number of ether oxygens (including phenoxy) is 2. The second-order valence-corrected chi connectivity index (χ2v) is 8.26. The minimum absolute atomic E-state index is 0.0691. The Morgan fingerprint density at radius 1 is 1.03 bits per heavy atom. The van der Waals surface area contributed by atoms with Gasteiger partial charge in [0.2, 0.25) is 5.91 Å². The Morgan fingerprint density at radius 2 is 1.81 bits per heavy atom. The van der Waals surface area contributed by atoms with Crippen LogP contribution in [0.5, 0.6) is 11.5 Å². The van der Waals surface area contributed by atoms with Gasteiger partial charge in [-0.05, 0) is 49.1 Å². The van der Waals surface area contributed by atoms with Gasteiger partial charge in [0.25, 0.3) is 0 Å². The molecule has 1 N–H and O–H groups in total. The van der Waals surface area contributed by atoms with Gasteiger partial charge in [0.05, 0.1) is 24.2 Å². The van der Waals surface area contributed by atoms with Crippen LogP contribution < -0.4 is 15.2 Å². The Kier molecular flexibility index (Phi) is 5.40. The maximum atomic E-state index is 12.8. The van der Waals surface area contributed by atoms with Crippen LogP contribution in [0, 0.1) is 0 Å². The molecule has 7 nitrogen and oxygen atoms in total. The van der Waals surface area contributed by atoms with Crippen molar-refractivity contribution in [2.45, 2.75) is 38.1 Å². The van der Waals surface area contributed by atoms with Crippen LogP contribution in [-0.2, 0) is 11.2 Å². The van der Waals surface area contributed by atoms with E-state index in [-0.39, 0.29) is 17.6 Å². The largest absolute Gasteiger partial charge is 0.490 e. The first-order valence-electron chi connectivity index (χ1n) is 11.0. The fourth-order valence-electron chi connectivity index (χ4n) is 4.58. The maximum Gasteiger partial charge on any atom is 0.326 e. The van der Waals surface area contributed by atoms with Crippen LogP contribution in [0.25, 0.3) is 11.0 Å². The zero-order chi connectivity index (χ0) is 21.2. The highest BCUT2D eigenvalue weighted by molar-refractivity contribution is 5.77. The third kappa shape index (κ3) is 4.04. The lowest BCUT2D eigenvalue weighted by Gasteiger charge is -2.32. The summed E-state index contributed by atoms with van der Waals surface area (Å²) in [5.74, 6) is 1.71. The van der Waals surface area contributed by atoms with Crippen LogP contribution in [0.4, 0.5) is 0 Å². The van der Waals surface area contributed by atoms with Gasteiger partial charge >= 0.3 is 5.69 Å². The van der Waals surface area contributed by atoms with Gasteiger partial charge in [0.15, 0.2) is 11.5 Å². The topological polar surface area (TPSA) is 76.6 Å². The molecule has 2 aliphatic heterocycles. The molecule has 0 aliphatic carbocycles. The second kappa shape index (κ2) is 8.49. The minimum Gasteiger partial charge on any atom is -0.490 e. The van der Waals surface area contributed by atoms with Gasteiger partial charge < -0.3 is 19.4 Å². The van der Waals surface area contributed by atoms with Crippen LogP contribution in [0.15, 0.2) is 47.3 Å². The molecule has 0 radical (unpaired) electrons. The number of para-hydroxylation sites is 2. The molecule has 2 aromatic carbocycles. The number of carbonyl (C=O) groups excluding carboxylic acids is 1. The molecule has 0 saturated carbocycles. The standard InChI is InChI=1S/C24H27N3O4/c28-23(9-7-17-6-8-21-22(16-17)31-15-3-14-30-21)26-12-10-18(11-13-26)27-20-5-2-1-4-19(20)25-24(27)29/h1-2,4-6,8,16,18H,3,7,9-15H2,(H,25,29). The molecule has 0 atom stereocenters. The molecule has 1 aromatic heterocycles. The van der Waals surface area contributed by atoms with Gasteiger partial charge in [-0.3, -0.25) is 9.36 Å². The van der Waals surface area contributed by atoms with Crippen LogP contribution in [0.3, 0.4) is 0 Å². The van der Waals surface area contributed by atoms with Gasteiger partial charge in [0.1, 0.15) is 0 Å². The first kappa shape index (κ1) is 19.7. The number of likely N-dealkylation sites (tertiary alicyclic amines) is 1. The van der Waals surface area contributed by atoms with E-state index in [9.17, 15) is 9.59 Å². The number of piperidine rings is 1. The number of imidazole rings is 1. The smallest absolute Gasteiger partial charge is 0.326 e. The number of amides is 1. The molecule has 1 amide bonds. The molecule has 1 fully saturated rings. The van der Waals surface area contributed by atoms with Gasteiger partial charge in [-0.25, -0.2) is 4.79 Å². The van der Waals surface area contributed by atoms with Crippen molar-refractivity contribution in [1.29, 1.82) is 0 Å². The number of carbonyl (C=O) groups is 1. The van der Waals surface area contributed by atoms with E-state index >= 15 is 0 Å². The summed E-state index contributed by atoms with van der Waals surface area (Å²) in [5, 5.41) is 0. The number of hydrogen-bond donors (Lipinski definition) is 1. The summed E-state index contributed by atoms with van der Waals surface area (Å²) in [7, 11) is 0. The van der Waals surface area contributed by atoms with Crippen molar-refractivity contribution >= 4 is 16.9 Å². The van der Waals surface area contributed by atoms with Crippen LogP contribution >= 0.6 is 0 Å². The van der Waals surface area contributed by atoms with Crippen molar-refractivity contribution in [3.8, 4) is 11.5 Å². The van der Waals surface area contributed by atoms with Gasteiger partial charge in [0, 0.05) is 32.0 Å². The summed E-state index contributed by atoms with van der Waals surface area (Å²) < 4.78 is 13.3. The third-order valence-corrected chi connectivity index (χ3v) is 6.25. The molecule has 31 heavy (non-hydrogen) atoms. The number of aryl methyl sites for hydroxylation is 1. The van der Waals surface area contributed by atoms with Crippen LogP contribution in [0.2, 0.25) is 0 Å². The highest BCUT2D eigenvalue weighted by Crippen LogP contribution is 2.31. The van der Waals surface area contributed by atoms with Crippen LogP contribution in [0.1, 0.15) is 37.3 Å². The highest BCUT2D eigenvalue weighted by Gasteiger charge is 2.26. The van der Waals surface area contributed by atoms with Crippen molar-refractivity contribution in [2.24, 2.45) is 0 Å². The average molecular weight is 421 g/mol. The number of fused-ring (bicyclic) bond motifs is 2. The lowest BCUT2D eigenvalue weighted by molar-refractivity contribution is -0.132. The molecule has 3 heterocycles. The van der Waals surface area contributed by atoms with E-state index in [0.29, 0.717) is 39.1 Å². The molecule has 3 aromatic rings. The molecule has 0 spiro atoms. The van der Waals surface area contributed by atoms with E-state index in [1.165, 1.54) is 0 Å². The average Bonchev–Trinajstić information content (AvgIpc) is 2.96. The zero-order valence-corrected chi connectivity index (χ0v) is 17.5. The molecule has 5 rings (SSSR count). The quantitative estimate of drug-likeness (QED) is 0.701. The van der Waals surface area contributed by atoms with Gasteiger partial charge in [-0.15, -0.1) is 0 Å². The molecule has 1 saturated heterocycles. The van der Waals surface area contributed by atoms with Crippen molar-refractivity contribution in [3.63, 3.8) is 0 Å². The zero-order valence-electron chi connectivity index (χ0n) is 17.5. The molecule has 0 unspecified atom stereocenters. The number of hydrogen-bond acceptors (Lipinski definition) is 4. The van der Waals surface area contributed by atoms with E-state index in [1.54, 1.807) is 0 Å². The number of nitrogens with one attached hydrogen (secondary N) is 1. The van der Waals surface area contributed by atoms with E-state index in [0.717, 1.165) is 47.4 Å². The van der Waals surface area contributed by atoms with E-state index < -0.39 is 0 Å². The first-order valence-corrected chi connectivity index (χ1v) is 11.0. The summed E-state index contributed by atoms with van der Waals surface area (Å²) in [6.45, 7) is 2.68. The second-order valence-electron chi connectivity index (χ2n) is 8.26.